The highest BCUT2D eigenvalue weighted by atomic mass is 32.2. The summed E-state index contributed by atoms with van der Waals surface area (Å²) in [7, 11) is -0.379. The second kappa shape index (κ2) is 8.06. The van der Waals surface area contributed by atoms with E-state index in [9.17, 15) is 13.2 Å². The number of hydrogen-bond acceptors (Lipinski definition) is 5. The first kappa shape index (κ1) is 18.9. The Balaban J connectivity index is 1.99. The van der Waals surface area contributed by atoms with Crippen molar-refractivity contribution < 1.29 is 17.9 Å². The van der Waals surface area contributed by atoms with Gasteiger partial charge in [0.15, 0.2) is 0 Å². The average Bonchev–Trinajstić information content (AvgIpc) is 2.56. The highest BCUT2D eigenvalue weighted by molar-refractivity contribution is 7.89. The van der Waals surface area contributed by atoms with Crippen molar-refractivity contribution in [3.63, 3.8) is 0 Å². The number of carbonyl (C=O) groups is 1. The van der Waals surface area contributed by atoms with E-state index in [0.717, 1.165) is 6.54 Å². The molecule has 1 unspecified atom stereocenters. The van der Waals surface area contributed by atoms with Crippen molar-refractivity contribution in [2.45, 2.75) is 17.9 Å². The molecule has 0 saturated carbocycles. The third-order valence-electron chi connectivity index (χ3n) is 3.99. The number of ether oxygens (including phenoxy) is 1. The van der Waals surface area contributed by atoms with Crippen molar-refractivity contribution in [3.05, 3.63) is 29.8 Å². The van der Waals surface area contributed by atoms with Gasteiger partial charge in [0.2, 0.25) is 10.0 Å². The second-order valence-electron chi connectivity index (χ2n) is 6.09. The maximum atomic E-state index is 12.4. The minimum Gasteiger partial charge on any atom is -0.379 e. The highest BCUT2D eigenvalue weighted by Gasteiger charge is 2.20. The minimum atomic E-state index is -3.64. The Kier molecular flexibility index (Phi) is 6.34. The van der Waals surface area contributed by atoms with Crippen LogP contribution in [0.4, 0.5) is 0 Å². The lowest BCUT2D eigenvalue weighted by Crippen LogP contribution is -2.46. The van der Waals surface area contributed by atoms with E-state index in [1.165, 1.54) is 17.0 Å². The molecule has 8 heteroatoms. The van der Waals surface area contributed by atoms with Crippen LogP contribution in [0.5, 0.6) is 0 Å². The Labute approximate surface area is 143 Å². The molecule has 1 heterocycles. The molecule has 1 atom stereocenters. The smallest absolute Gasteiger partial charge is 0.253 e. The van der Waals surface area contributed by atoms with E-state index < -0.39 is 10.0 Å². The minimum absolute atomic E-state index is 0.102. The molecule has 24 heavy (non-hydrogen) atoms. The summed E-state index contributed by atoms with van der Waals surface area (Å²) in [6.07, 6.45) is 0. The fourth-order valence-electron chi connectivity index (χ4n) is 2.56. The van der Waals surface area contributed by atoms with Crippen LogP contribution in [0.25, 0.3) is 0 Å². The van der Waals surface area contributed by atoms with Gasteiger partial charge in [-0.15, -0.1) is 0 Å². The number of sulfonamides is 1. The first-order chi connectivity index (χ1) is 11.3. The number of rotatable bonds is 6. The number of hydrogen-bond donors (Lipinski definition) is 1. The van der Waals surface area contributed by atoms with Gasteiger partial charge in [-0.2, -0.15) is 0 Å². The molecule has 7 nitrogen and oxygen atoms in total. The summed E-state index contributed by atoms with van der Waals surface area (Å²) in [5, 5.41) is 0. The van der Waals surface area contributed by atoms with E-state index in [1.54, 1.807) is 26.2 Å². The van der Waals surface area contributed by atoms with E-state index in [0.29, 0.717) is 31.9 Å². The van der Waals surface area contributed by atoms with Crippen molar-refractivity contribution in [2.75, 3.05) is 46.9 Å². The van der Waals surface area contributed by atoms with E-state index in [4.69, 9.17) is 4.74 Å². The predicted molar refractivity (Wildman–Crippen MR) is 91.5 cm³/mol. The molecule has 0 bridgehead atoms. The van der Waals surface area contributed by atoms with Crippen LogP contribution in [-0.4, -0.2) is 77.1 Å². The van der Waals surface area contributed by atoms with Crippen molar-refractivity contribution >= 4 is 15.9 Å². The van der Waals surface area contributed by atoms with Crippen LogP contribution in [0.3, 0.4) is 0 Å². The Morgan fingerprint density at radius 3 is 2.83 bits per heavy atom. The summed E-state index contributed by atoms with van der Waals surface area (Å²) in [6.45, 7) is 5.14. The normalized spacial score (nSPS) is 19.2. The molecule has 1 amide bonds. The van der Waals surface area contributed by atoms with Gasteiger partial charge < -0.3 is 9.64 Å². The van der Waals surface area contributed by atoms with Crippen LogP contribution in [0.1, 0.15) is 17.3 Å². The first-order valence-corrected chi connectivity index (χ1v) is 9.43. The first-order valence-electron chi connectivity index (χ1n) is 7.94. The molecule has 1 N–H and O–H groups in total. The van der Waals surface area contributed by atoms with Gasteiger partial charge in [-0.05, 0) is 25.1 Å². The number of carbonyl (C=O) groups excluding carboxylic acids is 1. The zero-order valence-corrected chi connectivity index (χ0v) is 15.2. The molecule has 2 rings (SSSR count). The summed E-state index contributed by atoms with van der Waals surface area (Å²) >= 11 is 0. The summed E-state index contributed by atoms with van der Waals surface area (Å²) in [5.74, 6) is -0.228. The highest BCUT2D eigenvalue weighted by Crippen LogP contribution is 2.13. The molecule has 0 spiro atoms. The van der Waals surface area contributed by atoms with Crippen LogP contribution >= 0.6 is 0 Å². The van der Waals surface area contributed by atoms with Crippen LogP contribution < -0.4 is 4.72 Å². The van der Waals surface area contributed by atoms with Gasteiger partial charge >= 0.3 is 0 Å². The second-order valence-corrected chi connectivity index (χ2v) is 7.85. The van der Waals surface area contributed by atoms with Crippen LogP contribution in [0.15, 0.2) is 29.2 Å². The Morgan fingerprint density at radius 1 is 1.42 bits per heavy atom. The van der Waals surface area contributed by atoms with Crippen molar-refractivity contribution in [2.24, 2.45) is 0 Å². The number of amides is 1. The van der Waals surface area contributed by atoms with Gasteiger partial charge in [-0.25, -0.2) is 13.1 Å². The molecule has 1 aliphatic heterocycles. The molecular formula is C16H25N3O4S. The van der Waals surface area contributed by atoms with E-state index in [-0.39, 0.29) is 16.8 Å². The number of morpholine rings is 1. The third-order valence-corrected chi connectivity index (χ3v) is 5.45. The largest absolute Gasteiger partial charge is 0.379 e. The number of benzene rings is 1. The van der Waals surface area contributed by atoms with Crippen molar-refractivity contribution in [1.29, 1.82) is 0 Å². The molecule has 0 aromatic heterocycles. The lowest BCUT2D eigenvalue weighted by atomic mass is 10.2. The van der Waals surface area contributed by atoms with Crippen LogP contribution in [0, 0.1) is 0 Å². The molecule has 1 saturated heterocycles. The third kappa shape index (κ3) is 4.76. The monoisotopic (exact) mass is 355 g/mol. The molecule has 1 aromatic rings. The fourth-order valence-corrected chi connectivity index (χ4v) is 3.62. The standard InChI is InChI=1S/C16H25N3O4S/c1-13-12-23-10-9-19(13)8-7-17-24(21,22)15-6-4-5-14(11-15)16(20)18(2)3/h4-6,11,13,17H,7-10,12H2,1-3H3. The lowest BCUT2D eigenvalue weighted by Gasteiger charge is -2.33. The Hall–Kier alpha value is -1.48. The molecule has 0 radical (unpaired) electrons. The van der Waals surface area contributed by atoms with Gasteiger partial charge in [0.05, 0.1) is 18.1 Å². The quantitative estimate of drug-likeness (QED) is 0.798. The fraction of sp³-hybridized carbons (Fsp3) is 0.562. The molecule has 0 aliphatic carbocycles. The van der Waals surface area contributed by atoms with Gasteiger partial charge in [-0.1, -0.05) is 6.07 Å². The van der Waals surface area contributed by atoms with Crippen LogP contribution in [0.2, 0.25) is 0 Å². The Morgan fingerprint density at radius 2 is 2.17 bits per heavy atom. The molecule has 1 fully saturated rings. The predicted octanol–water partition coefficient (Wildman–Crippen LogP) is 0.387. The van der Waals surface area contributed by atoms with Gasteiger partial charge in [0.25, 0.3) is 5.91 Å². The van der Waals surface area contributed by atoms with E-state index >= 15 is 0 Å². The SMILES string of the molecule is CC1COCCN1CCNS(=O)(=O)c1cccc(C(=O)N(C)C)c1. The van der Waals surface area contributed by atoms with E-state index in [2.05, 4.69) is 16.5 Å². The van der Waals surface area contributed by atoms with Crippen molar-refractivity contribution in [1.82, 2.24) is 14.5 Å². The topological polar surface area (TPSA) is 79.0 Å². The summed E-state index contributed by atoms with van der Waals surface area (Å²) < 4.78 is 32.8. The maximum absolute atomic E-state index is 12.4. The molecule has 1 aromatic carbocycles. The van der Waals surface area contributed by atoms with Gasteiger partial charge in [-0.3, -0.25) is 9.69 Å². The Bertz CT molecular complexity index is 676. The number of nitrogens with zero attached hydrogens (tertiary/aromatic N) is 2. The summed E-state index contributed by atoms with van der Waals surface area (Å²) in [6, 6.07) is 6.37. The molecular weight excluding hydrogens is 330 g/mol. The zero-order valence-electron chi connectivity index (χ0n) is 14.4. The van der Waals surface area contributed by atoms with E-state index in [1.807, 2.05) is 0 Å². The maximum Gasteiger partial charge on any atom is 0.253 e. The van der Waals surface area contributed by atoms with Crippen molar-refractivity contribution in [3.8, 4) is 0 Å². The number of nitrogens with one attached hydrogen (secondary N) is 1. The lowest BCUT2D eigenvalue weighted by molar-refractivity contribution is 0.000989. The van der Waals surface area contributed by atoms with Gasteiger partial charge in [0, 0.05) is 45.3 Å². The average molecular weight is 355 g/mol. The van der Waals surface area contributed by atoms with Gasteiger partial charge in [0.1, 0.15) is 0 Å². The van der Waals surface area contributed by atoms with Crippen LogP contribution in [-0.2, 0) is 14.8 Å². The molecule has 134 valence electrons. The summed E-state index contributed by atoms with van der Waals surface area (Å²) in [5.41, 5.74) is 0.352. The zero-order chi connectivity index (χ0) is 17.7. The molecule has 1 aliphatic rings. The summed E-state index contributed by atoms with van der Waals surface area (Å²) in [4.78, 5) is 15.7.